The molecule has 0 heterocycles. The molecule has 0 bridgehead atoms. The highest BCUT2D eigenvalue weighted by Gasteiger charge is 2.47. The van der Waals surface area contributed by atoms with Gasteiger partial charge < -0.3 is 5.11 Å². The van der Waals surface area contributed by atoms with Crippen LogP contribution in [0.25, 0.3) is 0 Å². The fraction of sp³-hybridized carbons (Fsp3) is 0.417. The fourth-order valence-electron chi connectivity index (χ4n) is 2.04. The molecular weight excluding hydrogens is 208 g/mol. The Kier molecular flexibility index (Phi) is 2.51. The molecule has 0 spiro atoms. The first kappa shape index (κ1) is 10.6. The van der Waals surface area contributed by atoms with Crippen molar-refractivity contribution in [3.63, 3.8) is 0 Å². The molecule has 1 fully saturated rings. The Bertz CT molecular complexity index is 394. The van der Waals surface area contributed by atoms with Gasteiger partial charge >= 0.3 is 5.97 Å². The van der Waals surface area contributed by atoms with Crippen molar-refractivity contribution < 1.29 is 9.90 Å². The third-order valence-electron chi connectivity index (χ3n) is 3.27. The summed E-state index contributed by atoms with van der Waals surface area (Å²) in [4.78, 5) is 10.9. The summed E-state index contributed by atoms with van der Waals surface area (Å²) in [6.45, 7) is 2.07. The summed E-state index contributed by atoms with van der Waals surface area (Å²) in [7, 11) is 0. The van der Waals surface area contributed by atoms with Crippen LogP contribution in [0.4, 0.5) is 0 Å². The lowest BCUT2D eigenvalue weighted by Gasteiger charge is -2.19. The number of hydrogen-bond acceptors (Lipinski definition) is 2. The Morgan fingerprint density at radius 1 is 1.53 bits per heavy atom. The molecule has 80 valence electrons. The molecule has 0 saturated heterocycles. The molecule has 1 aromatic rings. The third-order valence-corrected chi connectivity index (χ3v) is 3.77. The summed E-state index contributed by atoms with van der Waals surface area (Å²) < 4.78 is 0. The highest BCUT2D eigenvalue weighted by molar-refractivity contribution is 7.81. The first-order valence-electron chi connectivity index (χ1n) is 5.08. The lowest BCUT2D eigenvalue weighted by Crippen LogP contribution is -2.18. The Balaban J connectivity index is 2.37. The van der Waals surface area contributed by atoms with Crippen LogP contribution in [0, 0.1) is 0 Å². The van der Waals surface area contributed by atoms with Gasteiger partial charge in [0.1, 0.15) is 0 Å². The van der Waals surface area contributed by atoms with E-state index < -0.39 is 5.97 Å². The Labute approximate surface area is 94.7 Å². The first-order valence-corrected chi connectivity index (χ1v) is 5.60. The monoisotopic (exact) mass is 222 g/mol. The number of carbonyl (C=O) groups is 1. The lowest BCUT2D eigenvalue weighted by atomic mass is 9.91. The minimum atomic E-state index is -0.862. The zero-order valence-corrected chi connectivity index (χ0v) is 9.50. The summed E-state index contributed by atoms with van der Waals surface area (Å²) in [5.74, 6) is -0.862. The summed E-state index contributed by atoms with van der Waals surface area (Å²) in [6, 6.07) is 7.23. The molecular formula is C12H14O2S. The third kappa shape index (κ3) is 1.76. The molecule has 0 radical (unpaired) electrons. The van der Waals surface area contributed by atoms with Gasteiger partial charge in [-0.1, -0.05) is 19.1 Å². The molecule has 1 N–H and O–H groups in total. The molecule has 1 unspecified atom stereocenters. The number of thiol groups is 1. The van der Waals surface area contributed by atoms with Gasteiger partial charge in [0.05, 0.1) is 5.56 Å². The van der Waals surface area contributed by atoms with E-state index in [0.717, 1.165) is 18.4 Å². The van der Waals surface area contributed by atoms with Gasteiger partial charge in [-0.05, 0) is 30.5 Å². The van der Waals surface area contributed by atoms with Crippen molar-refractivity contribution in [2.24, 2.45) is 0 Å². The van der Waals surface area contributed by atoms with E-state index in [2.05, 4.69) is 19.6 Å². The van der Waals surface area contributed by atoms with E-state index in [9.17, 15) is 4.79 Å². The lowest BCUT2D eigenvalue weighted by molar-refractivity contribution is 0.0696. The van der Waals surface area contributed by atoms with Crippen LogP contribution < -0.4 is 0 Å². The van der Waals surface area contributed by atoms with Gasteiger partial charge in [-0.2, -0.15) is 12.6 Å². The number of carboxylic acid groups (broad SMARTS) is 1. The van der Waals surface area contributed by atoms with Gasteiger partial charge in [-0.3, -0.25) is 0 Å². The zero-order valence-electron chi connectivity index (χ0n) is 8.60. The summed E-state index contributed by atoms with van der Waals surface area (Å²) in [5.41, 5.74) is 1.60. The maximum absolute atomic E-state index is 10.9. The molecule has 1 saturated carbocycles. The molecule has 0 aliphatic heterocycles. The van der Waals surface area contributed by atoms with Crippen molar-refractivity contribution in [1.29, 1.82) is 0 Å². The number of carboxylic acids is 1. The molecule has 1 aromatic carbocycles. The SMILES string of the molecule is CC(S)C1(c2cccc(C(=O)O)c2)CC1. The van der Waals surface area contributed by atoms with Gasteiger partial charge in [-0.25, -0.2) is 4.79 Å². The van der Waals surface area contributed by atoms with E-state index in [4.69, 9.17) is 5.11 Å². The molecule has 1 aliphatic carbocycles. The van der Waals surface area contributed by atoms with Crippen LogP contribution in [0.1, 0.15) is 35.7 Å². The molecule has 0 aromatic heterocycles. The van der Waals surface area contributed by atoms with Crippen LogP contribution in [0.15, 0.2) is 24.3 Å². The second kappa shape index (κ2) is 3.56. The van der Waals surface area contributed by atoms with Crippen LogP contribution in [0.2, 0.25) is 0 Å². The van der Waals surface area contributed by atoms with Crippen LogP contribution >= 0.6 is 12.6 Å². The number of hydrogen-bond donors (Lipinski definition) is 2. The molecule has 2 nitrogen and oxygen atoms in total. The quantitative estimate of drug-likeness (QED) is 0.772. The van der Waals surface area contributed by atoms with Crippen LogP contribution in [-0.2, 0) is 5.41 Å². The highest BCUT2D eigenvalue weighted by Crippen LogP contribution is 2.52. The number of aromatic carboxylic acids is 1. The minimum absolute atomic E-state index is 0.120. The largest absolute Gasteiger partial charge is 0.478 e. The normalized spacial score (nSPS) is 19.6. The van der Waals surface area contributed by atoms with Gasteiger partial charge in [0.15, 0.2) is 0 Å². The fourth-order valence-corrected chi connectivity index (χ4v) is 2.45. The number of rotatable bonds is 3. The standard InChI is InChI=1S/C12H14O2S/c1-8(15)12(5-6-12)10-4-2-3-9(7-10)11(13)14/h2-4,7-8,15H,5-6H2,1H3,(H,13,14). The van der Waals surface area contributed by atoms with Crippen LogP contribution in [-0.4, -0.2) is 16.3 Å². The summed E-state index contributed by atoms with van der Waals surface area (Å²) in [6.07, 6.45) is 2.22. The molecule has 15 heavy (non-hydrogen) atoms. The minimum Gasteiger partial charge on any atom is -0.478 e. The maximum atomic E-state index is 10.9. The molecule has 1 aliphatic rings. The molecule has 2 rings (SSSR count). The Morgan fingerprint density at radius 2 is 2.20 bits per heavy atom. The highest BCUT2D eigenvalue weighted by atomic mass is 32.1. The first-order chi connectivity index (χ1) is 7.06. The van der Waals surface area contributed by atoms with Crippen molar-refractivity contribution >= 4 is 18.6 Å². The second-order valence-electron chi connectivity index (χ2n) is 4.22. The molecule has 3 heteroatoms. The Hall–Kier alpha value is -0.960. The summed E-state index contributed by atoms with van der Waals surface area (Å²) in [5, 5.41) is 9.19. The van der Waals surface area contributed by atoms with E-state index in [1.165, 1.54) is 0 Å². The predicted molar refractivity (Wildman–Crippen MR) is 62.8 cm³/mol. The van der Waals surface area contributed by atoms with Crippen molar-refractivity contribution in [1.82, 2.24) is 0 Å². The molecule has 0 amide bonds. The predicted octanol–water partition coefficient (Wildman–Crippen LogP) is 2.73. The maximum Gasteiger partial charge on any atom is 0.335 e. The molecule has 1 atom stereocenters. The second-order valence-corrected chi connectivity index (χ2v) is 4.99. The Morgan fingerprint density at radius 3 is 2.67 bits per heavy atom. The van der Waals surface area contributed by atoms with Crippen LogP contribution in [0.3, 0.4) is 0 Å². The number of benzene rings is 1. The van der Waals surface area contributed by atoms with Crippen molar-refractivity contribution in [3.05, 3.63) is 35.4 Å². The van der Waals surface area contributed by atoms with Crippen molar-refractivity contribution in [2.45, 2.75) is 30.4 Å². The average molecular weight is 222 g/mol. The van der Waals surface area contributed by atoms with E-state index in [1.54, 1.807) is 12.1 Å². The van der Waals surface area contributed by atoms with Crippen LogP contribution in [0.5, 0.6) is 0 Å². The van der Waals surface area contributed by atoms with E-state index >= 15 is 0 Å². The van der Waals surface area contributed by atoms with Gasteiger partial charge in [0.25, 0.3) is 0 Å². The van der Waals surface area contributed by atoms with E-state index in [-0.39, 0.29) is 10.7 Å². The van der Waals surface area contributed by atoms with Gasteiger partial charge in [-0.15, -0.1) is 0 Å². The van der Waals surface area contributed by atoms with Crippen molar-refractivity contribution in [3.8, 4) is 0 Å². The van der Waals surface area contributed by atoms with E-state index in [1.807, 2.05) is 12.1 Å². The summed E-state index contributed by atoms with van der Waals surface area (Å²) >= 11 is 4.49. The smallest absolute Gasteiger partial charge is 0.335 e. The van der Waals surface area contributed by atoms with Crippen molar-refractivity contribution in [2.75, 3.05) is 0 Å². The topological polar surface area (TPSA) is 37.3 Å². The zero-order chi connectivity index (χ0) is 11.1. The van der Waals surface area contributed by atoms with E-state index in [0.29, 0.717) is 5.56 Å². The average Bonchev–Trinajstić information content (AvgIpc) is 2.98. The van der Waals surface area contributed by atoms with Gasteiger partial charge in [0, 0.05) is 10.7 Å². The van der Waals surface area contributed by atoms with Gasteiger partial charge in [0.2, 0.25) is 0 Å².